The molecule has 1 N–H and O–H groups in total. The SMILES string of the molecule is O=C1C(=O)N(Cc2ccco2)C(c2ccccc2)C1=C(O)c1cccc([N+](=O)[O-])c1. The number of ketones is 1. The summed E-state index contributed by atoms with van der Waals surface area (Å²) >= 11 is 0. The number of non-ortho nitro benzene ring substituents is 1. The Labute approximate surface area is 170 Å². The summed E-state index contributed by atoms with van der Waals surface area (Å²) in [4.78, 5) is 37.5. The molecule has 2 heterocycles. The van der Waals surface area contributed by atoms with E-state index in [1.54, 1.807) is 42.5 Å². The third-order valence-electron chi connectivity index (χ3n) is 4.89. The van der Waals surface area contributed by atoms with Crippen molar-refractivity contribution in [2.24, 2.45) is 0 Å². The van der Waals surface area contributed by atoms with Gasteiger partial charge >= 0.3 is 0 Å². The maximum atomic E-state index is 12.9. The normalized spacial score (nSPS) is 18.0. The lowest BCUT2D eigenvalue weighted by Crippen LogP contribution is -2.29. The Balaban J connectivity index is 1.87. The van der Waals surface area contributed by atoms with E-state index in [1.165, 1.54) is 29.4 Å². The number of hydrogen-bond acceptors (Lipinski definition) is 6. The zero-order valence-corrected chi connectivity index (χ0v) is 15.6. The van der Waals surface area contributed by atoms with Crippen LogP contribution in [0.25, 0.3) is 5.76 Å². The summed E-state index contributed by atoms with van der Waals surface area (Å²) in [6.45, 7) is 0.0306. The highest BCUT2D eigenvalue weighted by molar-refractivity contribution is 6.46. The van der Waals surface area contributed by atoms with Gasteiger partial charge in [-0.25, -0.2) is 0 Å². The largest absolute Gasteiger partial charge is 0.507 e. The van der Waals surface area contributed by atoms with Crippen LogP contribution >= 0.6 is 0 Å². The molecule has 1 atom stereocenters. The van der Waals surface area contributed by atoms with Crippen molar-refractivity contribution in [3.63, 3.8) is 0 Å². The Morgan fingerprint density at radius 1 is 1.07 bits per heavy atom. The molecular weight excluding hydrogens is 388 g/mol. The molecule has 1 saturated heterocycles. The third kappa shape index (κ3) is 3.35. The molecule has 4 rings (SSSR count). The summed E-state index contributed by atoms with van der Waals surface area (Å²) in [6.07, 6.45) is 1.46. The first-order chi connectivity index (χ1) is 14.5. The number of nitro groups is 1. The van der Waals surface area contributed by atoms with Gasteiger partial charge in [-0.2, -0.15) is 0 Å². The topological polar surface area (TPSA) is 114 Å². The van der Waals surface area contributed by atoms with Crippen molar-refractivity contribution in [3.8, 4) is 0 Å². The van der Waals surface area contributed by atoms with Gasteiger partial charge in [0.2, 0.25) is 0 Å². The zero-order chi connectivity index (χ0) is 21.3. The fourth-order valence-electron chi connectivity index (χ4n) is 3.52. The van der Waals surface area contributed by atoms with Crippen LogP contribution in [-0.2, 0) is 16.1 Å². The number of Topliss-reactive ketones (excluding diaryl/α,β-unsaturated/α-hetero) is 1. The maximum absolute atomic E-state index is 12.9. The fraction of sp³-hybridized carbons (Fsp3) is 0.0909. The Morgan fingerprint density at radius 3 is 2.50 bits per heavy atom. The summed E-state index contributed by atoms with van der Waals surface area (Å²) in [7, 11) is 0. The number of furan rings is 1. The van der Waals surface area contributed by atoms with Crippen LogP contribution in [-0.4, -0.2) is 26.6 Å². The summed E-state index contributed by atoms with van der Waals surface area (Å²) in [5.41, 5.74) is 0.342. The fourth-order valence-corrected chi connectivity index (χ4v) is 3.52. The van der Waals surface area contributed by atoms with Crippen LogP contribution in [0.3, 0.4) is 0 Å². The average Bonchev–Trinajstić information content (AvgIpc) is 3.36. The second-order valence-electron chi connectivity index (χ2n) is 6.72. The molecular formula is C22H16N2O6. The lowest BCUT2D eigenvalue weighted by Gasteiger charge is -2.24. The third-order valence-corrected chi connectivity index (χ3v) is 4.89. The van der Waals surface area contributed by atoms with E-state index >= 15 is 0 Å². The van der Waals surface area contributed by atoms with Crippen LogP contribution in [0.4, 0.5) is 5.69 Å². The predicted molar refractivity (Wildman–Crippen MR) is 106 cm³/mol. The summed E-state index contributed by atoms with van der Waals surface area (Å²) < 4.78 is 5.33. The Hall–Kier alpha value is -4.20. The van der Waals surface area contributed by atoms with Gasteiger partial charge in [0.15, 0.2) is 0 Å². The molecule has 30 heavy (non-hydrogen) atoms. The summed E-state index contributed by atoms with van der Waals surface area (Å²) in [6, 6.07) is 16.6. The Bertz CT molecular complexity index is 1150. The summed E-state index contributed by atoms with van der Waals surface area (Å²) in [5.74, 6) is -1.63. The van der Waals surface area contributed by atoms with E-state index in [9.17, 15) is 24.8 Å². The quantitative estimate of drug-likeness (QED) is 0.227. The Kier molecular flexibility index (Phi) is 4.89. The van der Waals surface area contributed by atoms with Crippen LogP contribution in [0.5, 0.6) is 0 Å². The zero-order valence-electron chi connectivity index (χ0n) is 15.6. The van der Waals surface area contributed by atoms with Gasteiger partial charge in [0.05, 0.1) is 29.3 Å². The number of amides is 1. The van der Waals surface area contributed by atoms with Gasteiger partial charge in [0.25, 0.3) is 17.4 Å². The number of nitrogens with zero attached hydrogens (tertiary/aromatic N) is 2. The molecule has 0 radical (unpaired) electrons. The summed E-state index contributed by atoms with van der Waals surface area (Å²) in [5, 5.41) is 22.0. The van der Waals surface area contributed by atoms with Crippen LogP contribution in [0.15, 0.2) is 83.0 Å². The smallest absolute Gasteiger partial charge is 0.296 e. The molecule has 0 saturated carbocycles. The molecule has 0 spiro atoms. The van der Waals surface area contributed by atoms with E-state index in [0.29, 0.717) is 11.3 Å². The number of aliphatic hydroxyl groups is 1. The molecule has 3 aromatic rings. The number of carbonyl (C=O) groups is 2. The van der Waals surface area contributed by atoms with E-state index in [4.69, 9.17) is 4.42 Å². The lowest BCUT2D eigenvalue weighted by atomic mass is 9.95. The molecule has 1 fully saturated rings. The van der Waals surface area contributed by atoms with Crippen molar-refractivity contribution in [2.75, 3.05) is 0 Å². The predicted octanol–water partition coefficient (Wildman–Crippen LogP) is 3.81. The molecule has 1 aliphatic heterocycles. The molecule has 2 aromatic carbocycles. The minimum Gasteiger partial charge on any atom is -0.507 e. The van der Waals surface area contributed by atoms with Gasteiger partial charge in [-0.1, -0.05) is 42.5 Å². The minimum atomic E-state index is -0.865. The maximum Gasteiger partial charge on any atom is 0.296 e. The van der Waals surface area contributed by atoms with Gasteiger partial charge in [-0.15, -0.1) is 0 Å². The van der Waals surface area contributed by atoms with E-state index in [0.717, 1.165) is 6.07 Å². The van der Waals surface area contributed by atoms with Crippen molar-refractivity contribution in [3.05, 3.63) is 106 Å². The number of nitro benzene ring substituents is 1. The van der Waals surface area contributed by atoms with Crippen molar-refractivity contribution >= 4 is 23.1 Å². The molecule has 0 bridgehead atoms. The van der Waals surface area contributed by atoms with Crippen LogP contribution in [0, 0.1) is 10.1 Å². The number of hydrogen-bond donors (Lipinski definition) is 1. The highest BCUT2D eigenvalue weighted by Crippen LogP contribution is 2.40. The monoisotopic (exact) mass is 404 g/mol. The highest BCUT2D eigenvalue weighted by Gasteiger charge is 2.46. The molecule has 0 aliphatic carbocycles. The molecule has 1 amide bonds. The molecule has 150 valence electrons. The molecule has 1 unspecified atom stereocenters. The highest BCUT2D eigenvalue weighted by atomic mass is 16.6. The second kappa shape index (κ2) is 7.67. The first-order valence-corrected chi connectivity index (χ1v) is 9.08. The second-order valence-corrected chi connectivity index (χ2v) is 6.72. The minimum absolute atomic E-state index is 0.0306. The number of rotatable bonds is 5. The van der Waals surface area contributed by atoms with Crippen molar-refractivity contribution in [1.82, 2.24) is 4.90 Å². The first-order valence-electron chi connectivity index (χ1n) is 9.08. The van der Waals surface area contributed by atoms with Gasteiger partial charge in [-0.3, -0.25) is 19.7 Å². The first kappa shape index (κ1) is 19.1. The standard InChI is InChI=1S/C22H16N2O6/c25-20(15-8-4-9-16(12-15)24(28)29)18-19(14-6-2-1-3-7-14)23(22(27)21(18)26)13-17-10-5-11-30-17/h1-12,19,25H,13H2. The molecule has 1 aromatic heterocycles. The van der Waals surface area contributed by atoms with Crippen molar-refractivity contribution < 1.29 is 24.0 Å². The van der Waals surface area contributed by atoms with Crippen LogP contribution < -0.4 is 0 Å². The van der Waals surface area contributed by atoms with E-state index in [2.05, 4.69) is 0 Å². The van der Waals surface area contributed by atoms with Crippen molar-refractivity contribution in [1.29, 1.82) is 0 Å². The number of aliphatic hydroxyl groups excluding tert-OH is 1. The van der Waals surface area contributed by atoms with E-state index in [-0.39, 0.29) is 23.4 Å². The van der Waals surface area contributed by atoms with Gasteiger partial charge < -0.3 is 14.4 Å². The number of carbonyl (C=O) groups excluding carboxylic acids is 2. The number of likely N-dealkylation sites (tertiary alicyclic amines) is 1. The van der Waals surface area contributed by atoms with Gasteiger partial charge in [0.1, 0.15) is 11.5 Å². The molecule has 8 heteroatoms. The van der Waals surface area contributed by atoms with Gasteiger partial charge in [0, 0.05) is 17.7 Å². The van der Waals surface area contributed by atoms with E-state index < -0.39 is 28.4 Å². The van der Waals surface area contributed by atoms with E-state index in [1.807, 2.05) is 0 Å². The molecule has 1 aliphatic rings. The lowest BCUT2D eigenvalue weighted by molar-refractivity contribution is -0.384. The molecule has 8 nitrogen and oxygen atoms in total. The Morgan fingerprint density at radius 2 is 1.83 bits per heavy atom. The van der Waals surface area contributed by atoms with Crippen LogP contribution in [0.2, 0.25) is 0 Å². The van der Waals surface area contributed by atoms with Gasteiger partial charge in [-0.05, 0) is 17.7 Å². The van der Waals surface area contributed by atoms with Crippen LogP contribution in [0.1, 0.15) is 22.9 Å². The number of benzene rings is 2. The average molecular weight is 404 g/mol. The van der Waals surface area contributed by atoms with Crippen molar-refractivity contribution in [2.45, 2.75) is 12.6 Å².